The third-order valence-corrected chi connectivity index (χ3v) is 4.44. The van der Waals surface area contributed by atoms with Crippen LogP contribution in [0.4, 0.5) is 0 Å². The Morgan fingerprint density at radius 3 is 3.07 bits per heavy atom. The van der Waals surface area contributed by atoms with Crippen LogP contribution in [0.25, 0.3) is 0 Å². The van der Waals surface area contributed by atoms with Crippen LogP contribution in [0.2, 0.25) is 0 Å². The second-order valence-electron chi connectivity index (χ2n) is 4.55. The normalized spacial score (nSPS) is 36.6. The number of hydrogen-bond donors (Lipinski definition) is 1. The fourth-order valence-electron chi connectivity index (χ4n) is 2.55. The molecule has 2 fully saturated rings. The van der Waals surface area contributed by atoms with Crippen LogP contribution in [0, 0.1) is 0 Å². The molecule has 14 heavy (non-hydrogen) atoms. The van der Waals surface area contributed by atoms with Crippen LogP contribution in [0.5, 0.6) is 0 Å². The molecule has 2 nitrogen and oxygen atoms in total. The van der Waals surface area contributed by atoms with Crippen molar-refractivity contribution in [2.75, 3.05) is 31.1 Å². The Morgan fingerprint density at radius 1 is 1.29 bits per heavy atom. The van der Waals surface area contributed by atoms with E-state index in [9.17, 15) is 0 Å². The van der Waals surface area contributed by atoms with E-state index in [1.807, 2.05) is 0 Å². The summed E-state index contributed by atoms with van der Waals surface area (Å²) in [4.78, 5) is 2.72. The molecule has 0 saturated carbocycles. The molecule has 2 aliphatic rings. The maximum Gasteiger partial charge on any atom is 0.0167 e. The summed E-state index contributed by atoms with van der Waals surface area (Å²) in [5.74, 6) is 2.76. The molecule has 0 aliphatic carbocycles. The summed E-state index contributed by atoms with van der Waals surface area (Å²) in [6.45, 7) is 6.01. The molecule has 1 N–H and O–H groups in total. The first-order valence-corrected chi connectivity index (χ1v) is 7.07. The molecule has 0 radical (unpaired) electrons. The SMILES string of the molecule is CC1CN(C2CCCSCC2)CCN1. The predicted molar refractivity (Wildman–Crippen MR) is 64.0 cm³/mol. The molecule has 0 aromatic rings. The summed E-state index contributed by atoms with van der Waals surface area (Å²) in [5.41, 5.74) is 0. The van der Waals surface area contributed by atoms with Crippen molar-refractivity contribution in [2.45, 2.75) is 38.3 Å². The summed E-state index contributed by atoms with van der Waals surface area (Å²) in [6, 6.07) is 1.58. The number of rotatable bonds is 1. The van der Waals surface area contributed by atoms with Crippen molar-refractivity contribution in [1.29, 1.82) is 0 Å². The summed E-state index contributed by atoms with van der Waals surface area (Å²) in [5, 5.41) is 3.52. The Hall–Kier alpha value is 0.270. The van der Waals surface area contributed by atoms with Crippen molar-refractivity contribution < 1.29 is 0 Å². The first-order valence-electron chi connectivity index (χ1n) is 5.91. The zero-order valence-electron chi connectivity index (χ0n) is 9.17. The van der Waals surface area contributed by atoms with Gasteiger partial charge in [0, 0.05) is 31.7 Å². The molecule has 2 heterocycles. The maximum absolute atomic E-state index is 3.52. The van der Waals surface area contributed by atoms with Crippen molar-refractivity contribution in [3.8, 4) is 0 Å². The number of nitrogens with one attached hydrogen (secondary N) is 1. The van der Waals surface area contributed by atoms with Crippen molar-refractivity contribution in [3.63, 3.8) is 0 Å². The van der Waals surface area contributed by atoms with Gasteiger partial charge in [0.2, 0.25) is 0 Å². The zero-order chi connectivity index (χ0) is 9.80. The molecule has 2 aliphatic heterocycles. The van der Waals surface area contributed by atoms with Gasteiger partial charge in [0.05, 0.1) is 0 Å². The number of hydrogen-bond acceptors (Lipinski definition) is 3. The molecule has 0 bridgehead atoms. The fraction of sp³-hybridized carbons (Fsp3) is 1.00. The van der Waals surface area contributed by atoms with Crippen LogP contribution in [-0.2, 0) is 0 Å². The van der Waals surface area contributed by atoms with Gasteiger partial charge in [-0.25, -0.2) is 0 Å². The van der Waals surface area contributed by atoms with Gasteiger partial charge >= 0.3 is 0 Å². The van der Waals surface area contributed by atoms with E-state index in [1.54, 1.807) is 0 Å². The van der Waals surface area contributed by atoms with Gasteiger partial charge in [-0.1, -0.05) is 0 Å². The third-order valence-electron chi connectivity index (χ3n) is 3.34. The predicted octanol–water partition coefficient (Wildman–Crippen LogP) is 1.57. The lowest BCUT2D eigenvalue weighted by molar-refractivity contribution is 0.139. The first kappa shape index (κ1) is 10.8. The van der Waals surface area contributed by atoms with Crippen molar-refractivity contribution in [2.24, 2.45) is 0 Å². The summed E-state index contributed by atoms with van der Waals surface area (Å²) in [7, 11) is 0. The van der Waals surface area contributed by atoms with Crippen molar-refractivity contribution in [1.82, 2.24) is 10.2 Å². The maximum atomic E-state index is 3.52. The van der Waals surface area contributed by atoms with Gasteiger partial charge < -0.3 is 5.32 Å². The molecule has 2 saturated heterocycles. The molecule has 3 heteroatoms. The number of piperazine rings is 1. The van der Waals surface area contributed by atoms with Gasteiger partial charge in [-0.2, -0.15) is 11.8 Å². The smallest absolute Gasteiger partial charge is 0.0167 e. The van der Waals surface area contributed by atoms with Gasteiger partial charge in [-0.3, -0.25) is 4.90 Å². The van der Waals surface area contributed by atoms with Crippen molar-refractivity contribution in [3.05, 3.63) is 0 Å². The average Bonchev–Trinajstić information content (AvgIpc) is 2.45. The quantitative estimate of drug-likeness (QED) is 0.713. The average molecular weight is 214 g/mol. The van der Waals surface area contributed by atoms with E-state index >= 15 is 0 Å². The monoisotopic (exact) mass is 214 g/mol. The van der Waals surface area contributed by atoms with Gasteiger partial charge in [0.25, 0.3) is 0 Å². The highest BCUT2D eigenvalue weighted by atomic mass is 32.2. The lowest BCUT2D eigenvalue weighted by Gasteiger charge is -2.37. The lowest BCUT2D eigenvalue weighted by Crippen LogP contribution is -2.52. The lowest BCUT2D eigenvalue weighted by atomic mass is 10.1. The zero-order valence-corrected chi connectivity index (χ0v) is 9.98. The molecule has 2 rings (SSSR count). The van der Waals surface area contributed by atoms with Gasteiger partial charge in [0.15, 0.2) is 0 Å². The third kappa shape index (κ3) is 2.88. The van der Waals surface area contributed by atoms with Crippen LogP contribution in [0.15, 0.2) is 0 Å². The van der Waals surface area contributed by atoms with Crippen LogP contribution < -0.4 is 5.32 Å². The molecule has 0 amide bonds. The summed E-state index contributed by atoms with van der Waals surface area (Å²) < 4.78 is 0. The highest BCUT2D eigenvalue weighted by molar-refractivity contribution is 7.99. The molecule has 82 valence electrons. The minimum absolute atomic E-state index is 0.694. The van der Waals surface area contributed by atoms with E-state index in [0.29, 0.717) is 6.04 Å². The molecule has 0 spiro atoms. The van der Waals surface area contributed by atoms with E-state index in [1.165, 1.54) is 50.4 Å². The first-order chi connectivity index (χ1) is 6.86. The van der Waals surface area contributed by atoms with Crippen LogP contribution >= 0.6 is 11.8 Å². The van der Waals surface area contributed by atoms with Crippen molar-refractivity contribution >= 4 is 11.8 Å². The number of thioether (sulfide) groups is 1. The number of nitrogens with zero attached hydrogens (tertiary/aromatic N) is 1. The Kier molecular flexibility index (Phi) is 4.14. The molecular weight excluding hydrogens is 192 g/mol. The van der Waals surface area contributed by atoms with Gasteiger partial charge in [0.1, 0.15) is 0 Å². The molecule has 0 aromatic heterocycles. The van der Waals surface area contributed by atoms with Gasteiger partial charge in [-0.15, -0.1) is 0 Å². The Bertz CT molecular complexity index is 167. The van der Waals surface area contributed by atoms with Crippen LogP contribution in [0.1, 0.15) is 26.2 Å². The standard InChI is InChI=1S/C11H22N2S/c1-10-9-13(6-5-12-10)11-3-2-7-14-8-4-11/h10-12H,2-9H2,1H3. The van der Waals surface area contributed by atoms with E-state index in [-0.39, 0.29) is 0 Å². The Labute approximate surface area is 91.8 Å². The van der Waals surface area contributed by atoms with Crippen LogP contribution in [0.3, 0.4) is 0 Å². The van der Waals surface area contributed by atoms with E-state index in [0.717, 1.165) is 6.04 Å². The molecule has 2 unspecified atom stereocenters. The van der Waals surface area contributed by atoms with E-state index in [2.05, 4.69) is 28.9 Å². The van der Waals surface area contributed by atoms with E-state index in [4.69, 9.17) is 0 Å². The second kappa shape index (κ2) is 5.38. The van der Waals surface area contributed by atoms with Gasteiger partial charge in [-0.05, 0) is 37.7 Å². The molecule has 0 aromatic carbocycles. The van der Waals surface area contributed by atoms with Crippen LogP contribution in [-0.4, -0.2) is 48.1 Å². The second-order valence-corrected chi connectivity index (χ2v) is 5.77. The Balaban J connectivity index is 1.85. The topological polar surface area (TPSA) is 15.3 Å². The summed E-state index contributed by atoms with van der Waals surface area (Å²) in [6.07, 6.45) is 4.27. The summed E-state index contributed by atoms with van der Waals surface area (Å²) >= 11 is 2.14. The highest BCUT2D eigenvalue weighted by Crippen LogP contribution is 2.21. The Morgan fingerprint density at radius 2 is 2.21 bits per heavy atom. The fourth-order valence-corrected chi connectivity index (χ4v) is 3.56. The molecule has 2 atom stereocenters. The largest absolute Gasteiger partial charge is 0.312 e. The minimum atomic E-state index is 0.694. The minimum Gasteiger partial charge on any atom is -0.312 e. The van der Waals surface area contributed by atoms with E-state index < -0.39 is 0 Å². The highest BCUT2D eigenvalue weighted by Gasteiger charge is 2.23. The molecular formula is C11H22N2S.